The zero-order chi connectivity index (χ0) is 23.0. The average molecular weight is 468 g/mol. The van der Waals surface area contributed by atoms with Gasteiger partial charge in [0.25, 0.3) is 0 Å². The van der Waals surface area contributed by atoms with E-state index >= 15 is 0 Å². The number of anilines is 1. The van der Waals surface area contributed by atoms with Crippen LogP contribution in [0.25, 0.3) is 0 Å². The normalized spacial score (nSPS) is 12.2. The number of carbonyl (C=O) groups excluding carboxylic acids is 2. The number of carbonyl (C=O) groups is 2. The number of benzene rings is 2. The minimum Gasteiger partial charge on any atom is -0.505 e. The van der Waals surface area contributed by atoms with Crippen molar-refractivity contribution in [1.29, 1.82) is 0 Å². The number of thiol groups is 1. The highest BCUT2D eigenvalue weighted by Crippen LogP contribution is 2.40. The Morgan fingerprint density at radius 2 is 1.90 bits per heavy atom. The Bertz CT molecular complexity index is 905. The molecular formula is C22H26FNO5S2. The quantitative estimate of drug-likeness (QED) is 0.259. The lowest BCUT2D eigenvalue weighted by molar-refractivity contribution is -0.141. The smallest absolute Gasteiger partial charge is 0.412 e. The Hall–Kier alpha value is -2.39. The molecule has 0 spiro atoms. The molecule has 0 unspecified atom stereocenters. The minimum absolute atomic E-state index is 0.0404. The lowest BCUT2D eigenvalue weighted by atomic mass is 9.80. The number of rotatable bonds is 9. The summed E-state index contributed by atoms with van der Waals surface area (Å²) in [6, 6.07) is 11.1. The number of aromatic hydroxyl groups is 1. The van der Waals surface area contributed by atoms with Crippen molar-refractivity contribution in [1.82, 2.24) is 0 Å². The number of nitrogens with one attached hydrogen (secondary N) is 1. The van der Waals surface area contributed by atoms with Crippen molar-refractivity contribution in [3.8, 4) is 5.75 Å². The summed E-state index contributed by atoms with van der Waals surface area (Å²) in [4.78, 5) is 25.0. The van der Waals surface area contributed by atoms with E-state index < -0.39 is 35.1 Å². The van der Waals surface area contributed by atoms with E-state index in [2.05, 4.69) is 17.9 Å². The van der Waals surface area contributed by atoms with Gasteiger partial charge in [-0.2, -0.15) is 12.6 Å². The summed E-state index contributed by atoms with van der Waals surface area (Å²) in [7, 11) is 0. The van der Waals surface area contributed by atoms with Gasteiger partial charge in [-0.05, 0) is 54.6 Å². The Morgan fingerprint density at radius 3 is 2.48 bits per heavy atom. The summed E-state index contributed by atoms with van der Waals surface area (Å²) in [6.07, 6.45) is 0.710. The first-order valence-electron chi connectivity index (χ1n) is 9.53. The predicted octanol–water partition coefficient (Wildman–Crippen LogP) is 5.43. The first kappa shape index (κ1) is 24.9. The molecule has 6 nitrogen and oxygen atoms in total. The molecule has 2 rings (SSSR count). The maximum Gasteiger partial charge on any atom is 0.412 e. The Balaban J connectivity index is 2.20. The van der Waals surface area contributed by atoms with E-state index in [4.69, 9.17) is 9.47 Å². The second-order valence-corrected chi connectivity index (χ2v) is 8.66. The molecule has 0 aliphatic heterocycles. The largest absolute Gasteiger partial charge is 0.505 e. The highest BCUT2D eigenvalue weighted by atomic mass is 32.2. The molecular weight excluding hydrogens is 441 g/mol. The van der Waals surface area contributed by atoms with Crippen molar-refractivity contribution in [2.45, 2.75) is 31.3 Å². The number of hydrogen-bond acceptors (Lipinski definition) is 7. The number of ether oxygens (including phenoxy) is 2. The second kappa shape index (κ2) is 11.3. The van der Waals surface area contributed by atoms with Crippen LogP contribution >= 0.6 is 24.4 Å². The second-order valence-electron chi connectivity index (χ2n) is 7.47. The topological polar surface area (TPSA) is 84.9 Å². The summed E-state index contributed by atoms with van der Waals surface area (Å²) < 4.78 is 24.8. The highest BCUT2D eigenvalue weighted by Gasteiger charge is 2.35. The van der Waals surface area contributed by atoms with Crippen LogP contribution in [0.1, 0.15) is 31.9 Å². The zero-order valence-corrected chi connectivity index (χ0v) is 19.3. The van der Waals surface area contributed by atoms with Gasteiger partial charge in [0.15, 0.2) is 11.6 Å². The molecule has 168 valence electrons. The standard InChI is InChI=1S/C22H26FNO5S2/c1-22(2,10-11-28-19(26)13-30)20(14-4-9-18(25)17(23)12-14)29-21(27)24-15-5-7-16(31-3)8-6-15/h4-9,12,20,25,30H,10-11,13H2,1-3H3,(H,24,27)/t20-/m1/s1. The molecule has 0 saturated carbocycles. The van der Waals surface area contributed by atoms with Gasteiger partial charge in [-0.25, -0.2) is 9.18 Å². The Kier molecular flexibility index (Phi) is 9.06. The van der Waals surface area contributed by atoms with Crippen LogP contribution in [0, 0.1) is 11.2 Å². The van der Waals surface area contributed by atoms with Gasteiger partial charge in [0.1, 0.15) is 6.10 Å². The molecule has 0 radical (unpaired) electrons. The lowest BCUT2D eigenvalue weighted by Crippen LogP contribution is -2.30. The van der Waals surface area contributed by atoms with E-state index in [1.54, 1.807) is 23.9 Å². The Labute approximate surface area is 190 Å². The SMILES string of the molecule is CSc1ccc(NC(=O)O[C@H](c2ccc(O)c(F)c2)C(C)(C)CCOC(=O)CS)cc1. The van der Waals surface area contributed by atoms with E-state index in [0.717, 1.165) is 11.0 Å². The average Bonchev–Trinajstić information content (AvgIpc) is 2.74. The van der Waals surface area contributed by atoms with Crippen LogP contribution in [0.2, 0.25) is 0 Å². The van der Waals surface area contributed by atoms with Gasteiger partial charge in [-0.1, -0.05) is 19.9 Å². The fourth-order valence-corrected chi connectivity index (χ4v) is 3.40. The van der Waals surface area contributed by atoms with Crippen molar-refractivity contribution in [2.75, 3.05) is 23.9 Å². The molecule has 9 heteroatoms. The van der Waals surface area contributed by atoms with Crippen molar-refractivity contribution in [3.63, 3.8) is 0 Å². The van der Waals surface area contributed by atoms with E-state index in [0.29, 0.717) is 17.7 Å². The van der Waals surface area contributed by atoms with Crippen LogP contribution in [0.3, 0.4) is 0 Å². The molecule has 0 heterocycles. The summed E-state index contributed by atoms with van der Waals surface area (Å²) in [5.41, 5.74) is 0.202. The summed E-state index contributed by atoms with van der Waals surface area (Å²) in [6.45, 7) is 3.72. The van der Waals surface area contributed by atoms with Crippen LogP contribution in [0.4, 0.5) is 14.9 Å². The molecule has 0 saturated heterocycles. The third kappa shape index (κ3) is 7.36. The number of amides is 1. The molecule has 0 aliphatic carbocycles. The molecule has 1 atom stereocenters. The van der Waals surface area contributed by atoms with Crippen molar-refractivity contribution in [3.05, 3.63) is 53.8 Å². The minimum atomic E-state index is -0.872. The molecule has 0 fully saturated rings. The molecule has 2 N–H and O–H groups in total. The maximum absolute atomic E-state index is 14.0. The summed E-state index contributed by atoms with van der Waals surface area (Å²) >= 11 is 5.45. The molecule has 2 aromatic rings. The molecule has 0 bridgehead atoms. The van der Waals surface area contributed by atoms with Gasteiger partial charge in [0.05, 0.1) is 12.4 Å². The van der Waals surface area contributed by atoms with Gasteiger partial charge in [-0.15, -0.1) is 11.8 Å². The molecule has 2 aromatic carbocycles. The molecule has 31 heavy (non-hydrogen) atoms. The maximum atomic E-state index is 14.0. The van der Waals surface area contributed by atoms with E-state index in [-0.39, 0.29) is 12.4 Å². The van der Waals surface area contributed by atoms with Gasteiger partial charge < -0.3 is 14.6 Å². The van der Waals surface area contributed by atoms with Gasteiger partial charge in [-0.3, -0.25) is 10.1 Å². The third-order valence-corrected chi connectivity index (χ3v) is 5.69. The van der Waals surface area contributed by atoms with Gasteiger partial charge in [0.2, 0.25) is 0 Å². The number of esters is 1. The van der Waals surface area contributed by atoms with Crippen molar-refractivity contribution >= 4 is 42.1 Å². The zero-order valence-electron chi connectivity index (χ0n) is 17.6. The summed E-state index contributed by atoms with van der Waals surface area (Å²) in [5, 5.41) is 12.2. The van der Waals surface area contributed by atoms with E-state index in [1.807, 2.05) is 32.2 Å². The van der Waals surface area contributed by atoms with Gasteiger partial charge >= 0.3 is 12.1 Å². The van der Waals surface area contributed by atoms with Crippen LogP contribution in [-0.2, 0) is 14.3 Å². The number of halogens is 1. The fourth-order valence-electron chi connectivity index (χ4n) is 2.90. The van der Waals surface area contributed by atoms with Crippen LogP contribution in [0.15, 0.2) is 47.4 Å². The van der Waals surface area contributed by atoms with E-state index in [9.17, 15) is 19.1 Å². The molecule has 0 aliphatic rings. The first-order chi connectivity index (χ1) is 14.7. The molecule has 1 amide bonds. The Morgan fingerprint density at radius 1 is 1.23 bits per heavy atom. The third-order valence-electron chi connectivity index (χ3n) is 4.68. The van der Waals surface area contributed by atoms with E-state index in [1.165, 1.54) is 12.1 Å². The van der Waals surface area contributed by atoms with Crippen LogP contribution in [0.5, 0.6) is 5.75 Å². The van der Waals surface area contributed by atoms with Crippen LogP contribution in [-0.4, -0.2) is 35.8 Å². The number of thioether (sulfide) groups is 1. The number of phenols is 1. The van der Waals surface area contributed by atoms with Crippen LogP contribution < -0.4 is 5.32 Å². The van der Waals surface area contributed by atoms with Crippen molar-refractivity contribution in [2.24, 2.45) is 5.41 Å². The lowest BCUT2D eigenvalue weighted by Gasteiger charge is -2.34. The highest BCUT2D eigenvalue weighted by molar-refractivity contribution is 7.98. The predicted molar refractivity (Wildman–Crippen MR) is 122 cm³/mol. The summed E-state index contributed by atoms with van der Waals surface area (Å²) in [5.74, 6) is -1.82. The first-order valence-corrected chi connectivity index (χ1v) is 11.4. The molecule has 0 aromatic heterocycles. The number of phenolic OH excluding ortho intramolecular Hbond substituents is 1. The number of hydrogen-bond donors (Lipinski definition) is 3. The van der Waals surface area contributed by atoms with Gasteiger partial charge in [0, 0.05) is 16.0 Å². The fraction of sp³-hybridized carbons (Fsp3) is 0.364. The van der Waals surface area contributed by atoms with Crippen molar-refractivity contribution < 1.29 is 28.6 Å². The monoisotopic (exact) mass is 467 g/mol.